The van der Waals surface area contributed by atoms with Gasteiger partial charge in [0.15, 0.2) is 0 Å². The molecule has 1 atom stereocenters. The molecule has 0 aromatic carbocycles. The first-order valence-corrected chi connectivity index (χ1v) is 6.23. The monoisotopic (exact) mass is 265 g/mol. The van der Waals surface area contributed by atoms with Crippen molar-refractivity contribution in [2.24, 2.45) is 0 Å². The van der Waals surface area contributed by atoms with E-state index in [9.17, 15) is 0 Å². The lowest BCUT2D eigenvalue weighted by Gasteiger charge is -2.17. The number of hydrogen-bond acceptors (Lipinski definition) is 6. The van der Waals surface area contributed by atoms with E-state index in [-0.39, 0.29) is 6.10 Å². The van der Waals surface area contributed by atoms with Crippen LogP contribution in [0, 0.1) is 34.0 Å². The average molecular weight is 265 g/mol. The first kappa shape index (κ1) is 17.4. The lowest BCUT2D eigenvalue weighted by molar-refractivity contribution is -0.0301. The summed E-state index contributed by atoms with van der Waals surface area (Å²) >= 11 is 0. The van der Waals surface area contributed by atoms with E-state index in [2.05, 4.69) is 0 Å². The number of nitrogens with zero attached hydrogens (tertiary/aromatic N) is 3. The average Bonchev–Trinajstić information content (AvgIpc) is 2.42. The van der Waals surface area contributed by atoms with Crippen LogP contribution in [0.4, 0.5) is 0 Å². The maximum absolute atomic E-state index is 8.45. The highest BCUT2D eigenvalue weighted by Crippen LogP contribution is 2.02. The van der Waals surface area contributed by atoms with Crippen LogP contribution in [0.5, 0.6) is 0 Å². The molecule has 6 nitrogen and oxygen atoms in total. The topological polar surface area (TPSA) is 99.1 Å². The zero-order valence-electron chi connectivity index (χ0n) is 11.0. The van der Waals surface area contributed by atoms with Gasteiger partial charge in [-0.05, 0) is 6.42 Å². The third-order valence-corrected chi connectivity index (χ3v) is 2.17. The summed E-state index contributed by atoms with van der Waals surface area (Å²) in [5.41, 5.74) is 0. The van der Waals surface area contributed by atoms with Gasteiger partial charge < -0.3 is 14.2 Å². The molecule has 0 radical (unpaired) electrons. The van der Waals surface area contributed by atoms with Crippen LogP contribution in [-0.2, 0) is 14.2 Å². The number of hydrogen-bond donors (Lipinski definition) is 0. The van der Waals surface area contributed by atoms with Crippen molar-refractivity contribution in [2.45, 2.75) is 31.8 Å². The number of rotatable bonds is 12. The Hall–Kier alpha value is -1.65. The van der Waals surface area contributed by atoms with E-state index in [0.29, 0.717) is 58.7 Å². The van der Waals surface area contributed by atoms with Gasteiger partial charge >= 0.3 is 0 Å². The Morgan fingerprint density at radius 3 is 1.95 bits per heavy atom. The Kier molecular flexibility index (Phi) is 13.2. The van der Waals surface area contributed by atoms with Crippen molar-refractivity contribution in [3.05, 3.63) is 0 Å². The fourth-order valence-corrected chi connectivity index (χ4v) is 1.25. The number of nitriles is 3. The first-order chi connectivity index (χ1) is 9.35. The third-order valence-electron chi connectivity index (χ3n) is 2.17. The second-order valence-electron chi connectivity index (χ2n) is 3.69. The molecule has 1 unspecified atom stereocenters. The van der Waals surface area contributed by atoms with Gasteiger partial charge in [0, 0.05) is 6.61 Å². The van der Waals surface area contributed by atoms with E-state index in [1.54, 1.807) is 0 Å². The van der Waals surface area contributed by atoms with Crippen LogP contribution in [0.2, 0.25) is 0 Å². The van der Waals surface area contributed by atoms with Crippen LogP contribution in [-0.4, -0.2) is 39.1 Å². The summed E-state index contributed by atoms with van der Waals surface area (Å²) in [5, 5.41) is 25.2. The molecule has 0 aromatic heterocycles. The van der Waals surface area contributed by atoms with Crippen molar-refractivity contribution in [1.82, 2.24) is 0 Å². The summed E-state index contributed by atoms with van der Waals surface area (Å²) in [7, 11) is 0. The standard InChI is InChI=1S/C13H19N3O3/c14-5-1-8-17-11-4-13(19-10-3-7-16)12-18-9-2-6-15/h13H,1-4,8-12H2. The highest BCUT2D eigenvalue weighted by atomic mass is 16.5. The first-order valence-electron chi connectivity index (χ1n) is 6.23. The van der Waals surface area contributed by atoms with Crippen LogP contribution in [0.1, 0.15) is 25.7 Å². The molecular weight excluding hydrogens is 246 g/mol. The predicted octanol–water partition coefficient (Wildman–Crippen LogP) is 1.54. The zero-order valence-corrected chi connectivity index (χ0v) is 11.0. The Morgan fingerprint density at radius 1 is 0.737 bits per heavy atom. The van der Waals surface area contributed by atoms with Gasteiger partial charge in [0.1, 0.15) is 0 Å². The van der Waals surface area contributed by atoms with Gasteiger partial charge in [-0.3, -0.25) is 0 Å². The molecule has 0 saturated carbocycles. The van der Waals surface area contributed by atoms with Gasteiger partial charge in [-0.1, -0.05) is 0 Å². The van der Waals surface area contributed by atoms with Gasteiger partial charge in [0.2, 0.25) is 0 Å². The Balaban J connectivity index is 3.74. The fraction of sp³-hybridized carbons (Fsp3) is 0.769. The van der Waals surface area contributed by atoms with Crippen LogP contribution >= 0.6 is 0 Å². The molecule has 0 spiro atoms. The fourth-order valence-electron chi connectivity index (χ4n) is 1.25. The van der Waals surface area contributed by atoms with Gasteiger partial charge in [-0.15, -0.1) is 0 Å². The van der Waals surface area contributed by atoms with Gasteiger partial charge in [0.05, 0.1) is 70.0 Å². The Bertz CT molecular complexity index is 327. The summed E-state index contributed by atoms with van der Waals surface area (Å²) in [5.74, 6) is 0. The summed E-state index contributed by atoms with van der Waals surface area (Å²) in [4.78, 5) is 0. The third kappa shape index (κ3) is 12.6. The molecule has 6 heteroatoms. The molecule has 0 bridgehead atoms. The Morgan fingerprint density at radius 2 is 1.32 bits per heavy atom. The van der Waals surface area contributed by atoms with Crippen LogP contribution < -0.4 is 0 Å². The van der Waals surface area contributed by atoms with Gasteiger partial charge in [-0.2, -0.15) is 15.8 Å². The normalized spacial score (nSPS) is 11.2. The second-order valence-corrected chi connectivity index (χ2v) is 3.69. The second kappa shape index (κ2) is 14.4. The lowest BCUT2D eigenvalue weighted by Crippen LogP contribution is -2.23. The van der Waals surface area contributed by atoms with Crippen molar-refractivity contribution >= 4 is 0 Å². The van der Waals surface area contributed by atoms with Crippen LogP contribution in [0.15, 0.2) is 0 Å². The van der Waals surface area contributed by atoms with Crippen LogP contribution in [0.3, 0.4) is 0 Å². The minimum atomic E-state index is -0.144. The van der Waals surface area contributed by atoms with E-state index in [1.807, 2.05) is 18.2 Å². The van der Waals surface area contributed by atoms with Crippen molar-refractivity contribution in [1.29, 1.82) is 15.8 Å². The Labute approximate surface area is 114 Å². The van der Waals surface area contributed by atoms with E-state index in [0.717, 1.165) is 0 Å². The van der Waals surface area contributed by atoms with Gasteiger partial charge in [0.25, 0.3) is 0 Å². The molecule has 104 valence electrons. The molecule has 0 aromatic rings. The quantitative estimate of drug-likeness (QED) is 0.496. The number of ether oxygens (including phenoxy) is 3. The smallest absolute Gasteiger partial charge is 0.0830 e. The van der Waals surface area contributed by atoms with E-state index in [4.69, 9.17) is 30.0 Å². The van der Waals surface area contributed by atoms with Crippen molar-refractivity contribution in [2.75, 3.05) is 33.0 Å². The van der Waals surface area contributed by atoms with Crippen LogP contribution in [0.25, 0.3) is 0 Å². The SMILES string of the molecule is N#CCCOCCC(COCCC#N)OCCC#N. The molecule has 0 saturated heterocycles. The molecular formula is C13H19N3O3. The summed E-state index contributed by atoms with van der Waals surface area (Å²) in [6, 6.07) is 6.00. The minimum Gasteiger partial charge on any atom is -0.380 e. The van der Waals surface area contributed by atoms with Crippen molar-refractivity contribution in [3.63, 3.8) is 0 Å². The van der Waals surface area contributed by atoms with Gasteiger partial charge in [-0.25, -0.2) is 0 Å². The minimum absolute atomic E-state index is 0.144. The maximum Gasteiger partial charge on any atom is 0.0830 e. The molecule has 0 aliphatic rings. The zero-order chi connectivity index (χ0) is 14.2. The molecule has 0 aliphatic heterocycles. The summed E-state index contributed by atoms with van der Waals surface area (Å²) in [6.45, 7) is 2.02. The summed E-state index contributed by atoms with van der Waals surface area (Å²) in [6.07, 6.45) is 1.56. The predicted molar refractivity (Wildman–Crippen MR) is 66.7 cm³/mol. The molecule has 0 heterocycles. The highest BCUT2D eigenvalue weighted by Gasteiger charge is 2.09. The van der Waals surface area contributed by atoms with Crippen molar-refractivity contribution in [3.8, 4) is 18.2 Å². The van der Waals surface area contributed by atoms with E-state index < -0.39 is 0 Å². The summed E-state index contributed by atoms with van der Waals surface area (Å²) < 4.78 is 16.1. The van der Waals surface area contributed by atoms with E-state index in [1.165, 1.54) is 0 Å². The van der Waals surface area contributed by atoms with E-state index >= 15 is 0 Å². The van der Waals surface area contributed by atoms with Crippen molar-refractivity contribution < 1.29 is 14.2 Å². The molecule has 0 aliphatic carbocycles. The molecule has 0 amide bonds. The largest absolute Gasteiger partial charge is 0.380 e. The molecule has 0 rings (SSSR count). The molecule has 0 fully saturated rings. The maximum atomic E-state index is 8.45. The lowest BCUT2D eigenvalue weighted by atomic mass is 10.3. The molecule has 0 N–H and O–H groups in total. The molecule has 19 heavy (non-hydrogen) atoms. The highest BCUT2D eigenvalue weighted by molar-refractivity contribution is 4.70.